The van der Waals surface area contributed by atoms with E-state index in [1.807, 2.05) is 43.9 Å². The van der Waals surface area contributed by atoms with Gasteiger partial charge in [0, 0.05) is 32.3 Å². The minimum absolute atomic E-state index is 0.349. The Morgan fingerprint density at radius 3 is 2.06 bits per heavy atom. The van der Waals surface area contributed by atoms with E-state index >= 15 is 0 Å². The summed E-state index contributed by atoms with van der Waals surface area (Å²) < 4.78 is 10.5. The second-order valence-electron chi connectivity index (χ2n) is 7.87. The lowest BCUT2D eigenvalue weighted by Gasteiger charge is -2.26. The van der Waals surface area contributed by atoms with Crippen molar-refractivity contribution in [2.45, 2.75) is 20.8 Å². The standard InChI is InChI=1S/C25H29ClN2O4/c1-16-6-7-19(14-17(16)2)22-23(27(10-12-31-4)11-13-32-5)25(30)28(24(22)29)21-9-8-20(26)15-18(21)3/h6-9,14-15H,10-13H2,1-5H3. The number of anilines is 1. The summed E-state index contributed by atoms with van der Waals surface area (Å²) in [5.74, 6) is -0.709. The van der Waals surface area contributed by atoms with Crippen LogP contribution in [0.2, 0.25) is 5.02 Å². The van der Waals surface area contributed by atoms with Crippen molar-refractivity contribution in [2.75, 3.05) is 45.4 Å². The van der Waals surface area contributed by atoms with Gasteiger partial charge in [0.25, 0.3) is 11.8 Å². The number of imide groups is 1. The molecule has 0 radical (unpaired) electrons. The number of carbonyl (C=O) groups excluding carboxylic acids is 2. The Morgan fingerprint density at radius 2 is 1.50 bits per heavy atom. The quantitative estimate of drug-likeness (QED) is 0.530. The van der Waals surface area contributed by atoms with Crippen LogP contribution in [0.5, 0.6) is 0 Å². The third kappa shape index (κ3) is 4.72. The zero-order valence-corrected chi connectivity index (χ0v) is 20.0. The number of ether oxygens (including phenoxy) is 2. The van der Waals surface area contributed by atoms with Gasteiger partial charge in [-0.3, -0.25) is 9.59 Å². The molecule has 0 saturated carbocycles. The van der Waals surface area contributed by atoms with Crippen LogP contribution in [0.1, 0.15) is 22.3 Å². The first-order valence-corrected chi connectivity index (χ1v) is 10.9. The second kappa shape index (κ2) is 10.3. The molecule has 0 aromatic heterocycles. The molecule has 6 nitrogen and oxygen atoms in total. The van der Waals surface area contributed by atoms with Gasteiger partial charge in [-0.15, -0.1) is 0 Å². The van der Waals surface area contributed by atoms with Crippen molar-refractivity contribution in [1.29, 1.82) is 0 Å². The maximum absolute atomic E-state index is 13.7. The number of rotatable bonds is 9. The SMILES string of the molecule is COCCN(CCOC)C1=C(c2ccc(C)c(C)c2)C(=O)N(c2ccc(Cl)cc2C)C1=O. The van der Waals surface area contributed by atoms with E-state index in [2.05, 4.69) is 0 Å². The van der Waals surface area contributed by atoms with Crippen molar-refractivity contribution in [3.63, 3.8) is 0 Å². The van der Waals surface area contributed by atoms with Crippen LogP contribution >= 0.6 is 11.6 Å². The summed E-state index contributed by atoms with van der Waals surface area (Å²) in [4.78, 5) is 30.6. The summed E-state index contributed by atoms with van der Waals surface area (Å²) in [6.07, 6.45) is 0. The predicted molar refractivity (Wildman–Crippen MR) is 127 cm³/mol. The van der Waals surface area contributed by atoms with Gasteiger partial charge in [0.1, 0.15) is 5.70 Å². The molecule has 2 aromatic carbocycles. The fourth-order valence-corrected chi connectivity index (χ4v) is 4.02. The zero-order valence-electron chi connectivity index (χ0n) is 19.2. The molecule has 170 valence electrons. The minimum Gasteiger partial charge on any atom is -0.383 e. The molecular formula is C25H29ClN2O4. The monoisotopic (exact) mass is 456 g/mol. The van der Waals surface area contributed by atoms with E-state index in [0.29, 0.717) is 48.3 Å². The van der Waals surface area contributed by atoms with Crippen molar-refractivity contribution < 1.29 is 19.1 Å². The molecule has 2 amide bonds. The van der Waals surface area contributed by atoms with E-state index in [9.17, 15) is 9.59 Å². The van der Waals surface area contributed by atoms with Gasteiger partial charge in [-0.05, 0) is 61.2 Å². The van der Waals surface area contributed by atoms with Gasteiger partial charge in [-0.25, -0.2) is 4.90 Å². The van der Waals surface area contributed by atoms with Crippen LogP contribution in [-0.4, -0.2) is 57.2 Å². The molecule has 0 saturated heterocycles. The summed E-state index contributed by atoms with van der Waals surface area (Å²) in [6, 6.07) is 11.0. The fraction of sp³-hybridized carbons (Fsp3) is 0.360. The van der Waals surface area contributed by atoms with Crippen molar-refractivity contribution in [1.82, 2.24) is 4.90 Å². The number of benzene rings is 2. The lowest BCUT2D eigenvalue weighted by atomic mass is 9.99. The molecule has 1 heterocycles. The number of hydrogen-bond donors (Lipinski definition) is 0. The molecule has 1 aliphatic rings. The number of hydrogen-bond acceptors (Lipinski definition) is 5. The molecule has 3 rings (SSSR count). The smallest absolute Gasteiger partial charge is 0.282 e. The highest BCUT2D eigenvalue weighted by atomic mass is 35.5. The van der Waals surface area contributed by atoms with Gasteiger partial charge in [0.2, 0.25) is 0 Å². The average molecular weight is 457 g/mol. The number of methoxy groups -OCH3 is 2. The van der Waals surface area contributed by atoms with Crippen molar-refractivity contribution in [3.8, 4) is 0 Å². The van der Waals surface area contributed by atoms with Crippen LogP contribution in [0, 0.1) is 20.8 Å². The van der Waals surface area contributed by atoms with Crippen LogP contribution in [0.4, 0.5) is 5.69 Å². The molecule has 0 atom stereocenters. The molecule has 7 heteroatoms. The normalized spacial score (nSPS) is 14.0. The molecule has 0 aliphatic carbocycles. The molecule has 2 aromatic rings. The summed E-state index contributed by atoms with van der Waals surface area (Å²) in [5.41, 5.74) is 4.92. The average Bonchev–Trinajstić information content (AvgIpc) is 3.01. The number of amides is 2. The molecule has 0 fully saturated rings. The summed E-state index contributed by atoms with van der Waals surface area (Å²) in [7, 11) is 3.22. The largest absolute Gasteiger partial charge is 0.383 e. The Bertz CT molecular complexity index is 1060. The van der Waals surface area contributed by atoms with E-state index in [-0.39, 0.29) is 11.8 Å². The van der Waals surface area contributed by atoms with Gasteiger partial charge in [-0.1, -0.05) is 29.8 Å². The highest BCUT2D eigenvalue weighted by Gasteiger charge is 2.42. The topological polar surface area (TPSA) is 59.1 Å². The highest BCUT2D eigenvalue weighted by Crippen LogP contribution is 2.37. The van der Waals surface area contributed by atoms with Gasteiger partial charge in [0.05, 0.1) is 24.5 Å². The molecular weight excluding hydrogens is 428 g/mol. The van der Waals surface area contributed by atoms with Crippen molar-refractivity contribution in [2.24, 2.45) is 0 Å². The number of halogens is 1. The first-order chi connectivity index (χ1) is 15.3. The predicted octanol–water partition coefficient (Wildman–Crippen LogP) is 4.14. The molecule has 1 aliphatic heterocycles. The second-order valence-corrected chi connectivity index (χ2v) is 8.31. The van der Waals surface area contributed by atoms with Gasteiger partial charge >= 0.3 is 0 Å². The number of carbonyl (C=O) groups is 2. The maximum Gasteiger partial charge on any atom is 0.282 e. The first kappa shape index (κ1) is 24.0. The number of aryl methyl sites for hydroxylation is 3. The molecule has 0 unspecified atom stereocenters. The molecule has 32 heavy (non-hydrogen) atoms. The van der Waals surface area contributed by atoms with Crippen LogP contribution in [-0.2, 0) is 19.1 Å². The van der Waals surface area contributed by atoms with Gasteiger partial charge in [0.15, 0.2) is 0 Å². The van der Waals surface area contributed by atoms with E-state index in [4.69, 9.17) is 21.1 Å². The fourth-order valence-electron chi connectivity index (χ4n) is 3.80. The summed E-state index contributed by atoms with van der Waals surface area (Å²) in [5, 5.41) is 0.551. The third-order valence-corrected chi connectivity index (χ3v) is 5.94. The van der Waals surface area contributed by atoms with Crippen LogP contribution < -0.4 is 4.90 Å². The van der Waals surface area contributed by atoms with Gasteiger partial charge in [-0.2, -0.15) is 0 Å². The third-order valence-electron chi connectivity index (χ3n) is 5.70. The van der Waals surface area contributed by atoms with E-state index in [1.54, 1.807) is 32.4 Å². The van der Waals surface area contributed by atoms with Gasteiger partial charge < -0.3 is 14.4 Å². The Balaban J connectivity index is 2.18. The molecule has 0 bridgehead atoms. The minimum atomic E-state index is -0.360. The Hall–Kier alpha value is -2.67. The van der Waals surface area contributed by atoms with Crippen LogP contribution in [0.15, 0.2) is 42.1 Å². The summed E-state index contributed by atoms with van der Waals surface area (Å²) >= 11 is 6.11. The van der Waals surface area contributed by atoms with Crippen LogP contribution in [0.25, 0.3) is 5.57 Å². The van der Waals surface area contributed by atoms with E-state index in [1.165, 1.54) is 4.90 Å². The Labute approximate surface area is 194 Å². The first-order valence-electron chi connectivity index (χ1n) is 10.5. The Kier molecular flexibility index (Phi) is 7.72. The number of nitrogens with zero attached hydrogens (tertiary/aromatic N) is 2. The van der Waals surface area contributed by atoms with Crippen LogP contribution in [0.3, 0.4) is 0 Å². The highest BCUT2D eigenvalue weighted by molar-refractivity contribution is 6.45. The zero-order chi connectivity index (χ0) is 23.4. The lowest BCUT2D eigenvalue weighted by Crippen LogP contribution is -2.38. The van der Waals surface area contributed by atoms with E-state index in [0.717, 1.165) is 22.3 Å². The van der Waals surface area contributed by atoms with E-state index < -0.39 is 0 Å². The van der Waals surface area contributed by atoms with Crippen molar-refractivity contribution in [3.05, 3.63) is 69.4 Å². The Morgan fingerprint density at radius 1 is 0.844 bits per heavy atom. The maximum atomic E-state index is 13.7. The summed E-state index contributed by atoms with van der Waals surface area (Å²) in [6.45, 7) is 7.58. The lowest BCUT2D eigenvalue weighted by molar-refractivity contribution is -0.120. The van der Waals surface area contributed by atoms with Crippen molar-refractivity contribution >= 4 is 34.7 Å². The molecule has 0 spiro atoms. The molecule has 0 N–H and O–H groups in total.